The van der Waals surface area contributed by atoms with Crippen molar-refractivity contribution < 1.29 is 14.3 Å². The van der Waals surface area contributed by atoms with Gasteiger partial charge in [-0.2, -0.15) is 0 Å². The predicted octanol–water partition coefficient (Wildman–Crippen LogP) is 4.13. The summed E-state index contributed by atoms with van der Waals surface area (Å²) in [7, 11) is 0. The highest BCUT2D eigenvalue weighted by atomic mass is 16.6. The van der Waals surface area contributed by atoms with Crippen molar-refractivity contribution in [1.29, 1.82) is 0 Å². The Kier molecular flexibility index (Phi) is 9.03. The van der Waals surface area contributed by atoms with Gasteiger partial charge in [0.05, 0.1) is 6.04 Å². The minimum atomic E-state index is -0.500. The molecule has 4 nitrogen and oxygen atoms in total. The number of rotatable bonds is 10. The Hall–Kier alpha value is -1.84. The van der Waals surface area contributed by atoms with Crippen LogP contribution in [-0.2, 0) is 16.0 Å². The van der Waals surface area contributed by atoms with E-state index in [-0.39, 0.29) is 6.10 Å². The van der Waals surface area contributed by atoms with Crippen LogP contribution in [0.4, 0.5) is 4.79 Å². The highest BCUT2D eigenvalue weighted by Gasteiger charge is 2.19. The number of carbonyl (C=O) groups excluding carboxylic acids is 2. The van der Waals surface area contributed by atoms with Crippen LogP contribution < -0.4 is 5.32 Å². The molecule has 128 valence electrons. The first-order valence-corrected chi connectivity index (χ1v) is 8.51. The number of alkyl carbamates (subject to hydrolysis) is 1. The van der Waals surface area contributed by atoms with Gasteiger partial charge in [0.15, 0.2) is 0 Å². The molecule has 4 heteroatoms. The summed E-state index contributed by atoms with van der Waals surface area (Å²) in [5, 5.41) is 2.66. The van der Waals surface area contributed by atoms with Crippen LogP contribution in [0.3, 0.4) is 0 Å². The van der Waals surface area contributed by atoms with Gasteiger partial charge in [0.2, 0.25) is 0 Å². The average molecular weight is 319 g/mol. The summed E-state index contributed by atoms with van der Waals surface area (Å²) in [6.45, 7) is 6.27. The van der Waals surface area contributed by atoms with Gasteiger partial charge in [-0.05, 0) is 24.3 Å². The first kappa shape index (κ1) is 19.2. The number of ether oxygens (including phenoxy) is 1. The number of hydrogen-bond acceptors (Lipinski definition) is 3. The van der Waals surface area contributed by atoms with Crippen molar-refractivity contribution in [3.8, 4) is 0 Å². The van der Waals surface area contributed by atoms with Gasteiger partial charge in [0.1, 0.15) is 12.4 Å². The Morgan fingerprint density at radius 1 is 1.26 bits per heavy atom. The fraction of sp³-hybridized carbons (Fsp3) is 0.579. The molecule has 0 fully saturated rings. The number of nitrogens with one attached hydrogen (secondary N) is 1. The quantitative estimate of drug-likeness (QED) is 0.660. The number of aldehydes is 1. The van der Waals surface area contributed by atoms with E-state index < -0.39 is 12.1 Å². The minimum Gasteiger partial charge on any atom is -0.446 e. The zero-order valence-corrected chi connectivity index (χ0v) is 14.5. The number of unbranched alkanes of at least 4 members (excludes halogenated alkanes) is 1. The maximum Gasteiger partial charge on any atom is 0.407 e. The van der Waals surface area contributed by atoms with Crippen molar-refractivity contribution in [2.45, 2.75) is 65.0 Å². The first-order chi connectivity index (χ1) is 11.0. The van der Waals surface area contributed by atoms with Gasteiger partial charge in [0.25, 0.3) is 0 Å². The van der Waals surface area contributed by atoms with E-state index in [1.807, 2.05) is 30.3 Å². The molecule has 1 aromatic rings. The van der Waals surface area contributed by atoms with E-state index in [1.54, 1.807) is 0 Å². The van der Waals surface area contributed by atoms with E-state index >= 15 is 0 Å². The van der Waals surface area contributed by atoms with E-state index in [0.29, 0.717) is 18.8 Å². The number of hydrogen-bond donors (Lipinski definition) is 1. The van der Waals surface area contributed by atoms with Crippen molar-refractivity contribution in [3.05, 3.63) is 35.9 Å². The van der Waals surface area contributed by atoms with Crippen molar-refractivity contribution >= 4 is 12.4 Å². The van der Waals surface area contributed by atoms with Gasteiger partial charge in [0, 0.05) is 6.42 Å². The van der Waals surface area contributed by atoms with E-state index in [1.165, 1.54) is 0 Å². The largest absolute Gasteiger partial charge is 0.446 e. The van der Waals surface area contributed by atoms with Crippen molar-refractivity contribution in [2.24, 2.45) is 5.92 Å². The minimum absolute atomic E-state index is 0.184. The van der Waals surface area contributed by atoms with Crippen molar-refractivity contribution in [2.75, 3.05) is 0 Å². The topological polar surface area (TPSA) is 55.4 Å². The summed E-state index contributed by atoms with van der Waals surface area (Å²) in [4.78, 5) is 23.1. The van der Waals surface area contributed by atoms with Gasteiger partial charge in [-0.25, -0.2) is 4.79 Å². The molecule has 0 bridgehead atoms. The van der Waals surface area contributed by atoms with Gasteiger partial charge < -0.3 is 14.8 Å². The summed E-state index contributed by atoms with van der Waals surface area (Å²) >= 11 is 0. The maximum absolute atomic E-state index is 12.1. The Balaban J connectivity index is 2.57. The molecule has 0 aliphatic carbocycles. The van der Waals surface area contributed by atoms with Crippen LogP contribution in [0, 0.1) is 5.92 Å². The third kappa shape index (κ3) is 8.38. The van der Waals surface area contributed by atoms with Crippen LogP contribution in [0.15, 0.2) is 30.3 Å². The summed E-state index contributed by atoms with van der Waals surface area (Å²) in [5.41, 5.74) is 1.14. The van der Waals surface area contributed by atoms with Crippen molar-refractivity contribution in [3.63, 3.8) is 0 Å². The zero-order valence-electron chi connectivity index (χ0n) is 14.5. The Bertz CT molecular complexity index is 459. The average Bonchev–Trinajstić information content (AvgIpc) is 2.51. The lowest BCUT2D eigenvalue weighted by Crippen LogP contribution is -2.39. The fourth-order valence-corrected chi connectivity index (χ4v) is 2.51. The Labute approximate surface area is 139 Å². The van der Waals surface area contributed by atoms with Crippen LogP contribution in [0.25, 0.3) is 0 Å². The predicted molar refractivity (Wildman–Crippen MR) is 92.4 cm³/mol. The highest BCUT2D eigenvalue weighted by Crippen LogP contribution is 2.14. The van der Waals surface area contributed by atoms with Gasteiger partial charge in [-0.1, -0.05) is 63.9 Å². The summed E-state index contributed by atoms with van der Waals surface area (Å²) in [5.74, 6) is 0.429. The van der Waals surface area contributed by atoms with Gasteiger partial charge in [-0.3, -0.25) is 0 Å². The summed E-state index contributed by atoms with van der Waals surface area (Å²) < 4.78 is 5.57. The molecule has 0 aromatic heterocycles. The van der Waals surface area contributed by atoms with E-state index in [4.69, 9.17) is 4.74 Å². The molecule has 1 amide bonds. The molecule has 0 aliphatic heterocycles. The standard InChI is InChI=1S/C19H29NO3/c1-4-5-11-17(14-21)20-19(22)23-18(12-15(2)3)13-16-9-7-6-8-10-16/h6-10,14-15,17-18H,4-5,11-13H2,1-3H3,(H,20,22)/t17-,18-/m0/s1. The molecule has 0 radical (unpaired) electrons. The van der Waals surface area contributed by atoms with Crippen LogP contribution in [-0.4, -0.2) is 24.5 Å². The second kappa shape index (κ2) is 10.8. The smallest absolute Gasteiger partial charge is 0.407 e. The van der Waals surface area contributed by atoms with Crippen LogP contribution >= 0.6 is 0 Å². The molecule has 0 saturated heterocycles. The second-order valence-corrected chi connectivity index (χ2v) is 6.38. The molecular weight excluding hydrogens is 290 g/mol. The molecule has 1 aromatic carbocycles. The lowest BCUT2D eigenvalue weighted by atomic mass is 9.99. The third-order valence-corrected chi connectivity index (χ3v) is 3.65. The fourth-order valence-electron chi connectivity index (χ4n) is 2.51. The number of benzene rings is 1. The molecule has 2 atom stereocenters. The van der Waals surface area contributed by atoms with Crippen molar-refractivity contribution in [1.82, 2.24) is 5.32 Å². The second-order valence-electron chi connectivity index (χ2n) is 6.38. The summed E-state index contributed by atoms with van der Waals surface area (Å²) in [6, 6.07) is 9.54. The SMILES string of the molecule is CCCC[C@@H](C=O)NC(=O)O[C@H](Cc1ccccc1)CC(C)C. The van der Waals surface area contributed by atoms with Gasteiger partial charge >= 0.3 is 6.09 Å². The lowest BCUT2D eigenvalue weighted by Gasteiger charge is -2.21. The molecule has 23 heavy (non-hydrogen) atoms. The molecule has 1 rings (SSSR count). The van der Waals surface area contributed by atoms with Crippen LogP contribution in [0.2, 0.25) is 0 Å². The summed E-state index contributed by atoms with van der Waals surface area (Å²) in [6.07, 6.45) is 4.13. The van der Waals surface area contributed by atoms with Crippen LogP contribution in [0.1, 0.15) is 52.0 Å². The third-order valence-electron chi connectivity index (χ3n) is 3.65. The normalized spacial score (nSPS) is 13.4. The number of carbonyl (C=O) groups is 2. The van der Waals surface area contributed by atoms with E-state index in [0.717, 1.165) is 31.1 Å². The number of amides is 1. The van der Waals surface area contributed by atoms with Crippen LogP contribution in [0.5, 0.6) is 0 Å². The highest BCUT2D eigenvalue weighted by molar-refractivity contribution is 5.73. The monoisotopic (exact) mass is 319 g/mol. The maximum atomic E-state index is 12.1. The lowest BCUT2D eigenvalue weighted by molar-refractivity contribution is -0.109. The molecule has 0 unspecified atom stereocenters. The van der Waals surface area contributed by atoms with Gasteiger partial charge in [-0.15, -0.1) is 0 Å². The Morgan fingerprint density at radius 2 is 1.96 bits per heavy atom. The van der Waals surface area contributed by atoms with E-state index in [9.17, 15) is 9.59 Å². The Morgan fingerprint density at radius 3 is 2.52 bits per heavy atom. The molecule has 0 heterocycles. The zero-order chi connectivity index (χ0) is 17.1. The first-order valence-electron chi connectivity index (χ1n) is 8.51. The molecule has 1 N–H and O–H groups in total. The molecule has 0 aliphatic rings. The molecular formula is C19H29NO3. The molecule has 0 saturated carbocycles. The molecule has 0 spiro atoms. The van der Waals surface area contributed by atoms with E-state index in [2.05, 4.69) is 26.1 Å².